The molecule has 0 bridgehead atoms. The predicted molar refractivity (Wildman–Crippen MR) is 88.6 cm³/mol. The van der Waals surface area contributed by atoms with Crippen LogP contribution in [0.25, 0.3) is 11.0 Å². The lowest BCUT2D eigenvalue weighted by Gasteiger charge is -2.06. The number of hydrogen-bond donors (Lipinski definition) is 3. The number of benzene rings is 1. The fourth-order valence-corrected chi connectivity index (χ4v) is 2.38. The molecule has 0 atom stereocenters. The number of carbonyl (C=O) groups is 2. The molecule has 25 heavy (non-hydrogen) atoms. The molecule has 2 amide bonds. The molecule has 0 fully saturated rings. The van der Waals surface area contributed by atoms with Crippen molar-refractivity contribution in [1.29, 1.82) is 0 Å². The van der Waals surface area contributed by atoms with Gasteiger partial charge in [0.15, 0.2) is 11.5 Å². The average Bonchev–Trinajstić information content (AvgIpc) is 2.98. The van der Waals surface area contributed by atoms with Crippen molar-refractivity contribution in [3.63, 3.8) is 0 Å². The van der Waals surface area contributed by atoms with E-state index >= 15 is 0 Å². The van der Waals surface area contributed by atoms with Gasteiger partial charge < -0.3 is 10.6 Å². The Labute approximate surface area is 145 Å². The zero-order chi connectivity index (χ0) is 18.0. The van der Waals surface area contributed by atoms with Crippen molar-refractivity contribution < 1.29 is 14.0 Å². The fourth-order valence-electron chi connectivity index (χ4n) is 2.18. The maximum atomic E-state index is 13.2. The summed E-state index contributed by atoms with van der Waals surface area (Å²) in [6.45, 7) is 1.47. The van der Waals surface area contributed by atoms with Gasteiger partial charge in [-0.1, -0.05) is 17.7 Å². The molecule has 0 aliphatic heterocycles. The van der Waals surface area contributed by atoms with Crippen LogP contribution in [0.4, 0.5) is 10.2 Å². The highest BCUT2D eigenvalue weighted by Crippen LogP contribution is 2.20. The number of halogens is 2. The highest BCUT2D eigenvalue weighted by Gasteiger charge is 2.17. The number of rotatable bonds is 4. The summed E-state index contributed by atoms with van der Waals surface area (Å²) in [6, 6.07) is 4.17. The van der Waals surface area contributed by atoms with Crippen LogP contribution < -0.4 is 10.6 Å². The molecule has 3 N–H and O–H groups in total. The van der Waals surface area contributed by atoms with E-state index in [1.807, 2.05) is 0 Å². The second-order valence-corrected chi connectivity index (χ2v) is 5.54. The molecular formula is C15H12ClFN6O2. The van der Waals surface area contributed by atoms with Gasteiger partial charge in [-0.05, 0) is 17.7 Å². The van der Waals surface area contributed by atoms with Crippen molar-refractivity contribution in [2.24, 2.45) is 0 Å². The van der Waals surface area contributed by atoms with Gasteiger partial charge in [0.05, 0.1) is 5.02 Å². The maximum absolute atomic E-state index is 13.2. The first-order valence-electron chi connectivity index (χ1n) is 7.14. The number of nitrogens with zero attached hydrogens (tertiary/aromatic N) is 3. The second-order valence-electron chi connectivity index (χ2n) is 5.13. The van der Waals surface area contributed by atoms with Gasteiger partial charge in [-0.15, -0.1) is 0 Å². The molecule has 0 aliphatic carbocycles. The van der Waals surface area contributed by atoms with E-state index in [-0.39, 0.29) is 29.0 Å². The Morgan fingerprint density at radius 2 is 2.12 bits per heavy atom. The van der Waals surface area contributed by atoms with Gasteiger partial charge in [0.1, 0.15) is 23.2 Å². The third-order valence-electron chi connectivity index (χ3n) is 3.30. The Hall–Kier alpha value is -3.07. The van der Waals surface area contributed by atoms with Crippen molar-refractivity contribution in [3.8, 4) is 0 Å². The summed E-state index contributed by atoms with van der Waals surface area (Å²) in [5.41, 5.74) is 1.32. The van der Waals surface area contributed by atoms with Crippen LogP contribution in [0.15, 0.2) is 24.5 Å². The first-order chi connectivity index (χ1) is 12.0. The van der Waals surface area contributed by atoms with E-state index in [0.717, 1.165) is 0 Å². The lowest BCUT2D eigenvalue weighted by atomic mass is 10.2. The van der Waals surface area contributed by atoms with Crippen LogP contribution in [0.3, 0.4) is 0 Å². The summed E-state index contributed by atoms with van der Waals surface area (Å²) in [5, 5.41) is 11.7. The van der Waals surface area contributed by atoms with Gasteiger partial charge in [0.25, 0.3) is 5.91 Å². The molecule has 8 nitrogen and oxygen atoms in total. The first-order valence-corrected chi connectivity index (χ1v) is 7.52. The summed E-state index contributed by atoms with van der Waals surface area (Å²) in [5.74, 6) is -1.11. The van der Waals surface area contributed by atoms with Crippen molar-refractivity contribution >= 4 is 40.3 Å². The van der Waals surface area contributed by atoms with E-state index < -0.39 is 11.7 Å². The van der Waals surface area contributed by atoms with E-state index in [2.05, 4.69) is 30.8 Å². The average molecular weight is 363 g/mol. The van der Waals surface area contributed by atoms with Crippen LogP contribution >= 0.6 is 11.6 Å². The molecule has 0 saturated carbocycles. The molecule has 3 rings (SSSR count). The summed E-state index contributed by atoms with van der Waals surface area (Å²) >= 11 is 5.71. The molecule has 2 heterocycles. The van der Waals surface area contributed by atoms with E-state index in [1.165, 1.54) is 31.5 Å². The summed E-state index contributed by atoms with van der Waals surface area (Å²) in [6.07, 6.45) is 1.20. The quantitative estimate of drug-likeness (QED) is 0.657. The zero-order valence-electron chi connectivity index (χ0n) is 12.9. The summed E-state index contributed by atoms with van der Waals surface area (Å²) in [4.78, 5) is 31.5. The van der Waals surface area contributed by atoms with Crippen LogP contribution in [0, 0.1) is 5.82 Å². The molecule has 0 spiro atoms. The Balaban J connectivity index is 1.81. The topological polar surface area (TPSA) is 113 Å². The number of fused-ring (bicyclic) bond motifs is 1. The molecule has 1 aromatic carbocycles. The standard InChI is InChI=1S/C15H12ClFN6O2/c1-7(24)21-14-12-11(22-23-14)13(20-6-19-12)15(25)18-5-8-2-3-10(17)9(16)4-8/h2-4,6H,5H2,1H3,(H,18,25)(H2,21,22,23,24). The van der Waals surface area contributed by atoms with Crippen LogP contribution in [-0.4, -0.2) is 32.0 Å². The van der Waals surface area contributed by atoms with E-state index in [4.69, 9.17) is 11.6 Å². The number of hydrogen-bond acceptors (Lipinski definition) is 5. The number of anilines is 1. The van der Waals surface area contributed by atoms with Crippen LogP contribution in [-0.2, 0) is 11.3 Å². The van der Waals surface area contributed by atoms with E-state index in [9.17, 15) is 14.0 Å². The first kappa shape index (κ1) is 16.8. The molecule has 0 unspecified atom stereocenters. The van der Waals surface area contributed by atoms with Crippen molar-refractivity contribution in [2.45, 2.75) is 13.5 Å². The van der Waals surface area contributed by atoms with Crippen LogP contribution in [0.2, 0.25) is 5.02 Å². The number of aromatic amines is 1. The lowest BCUT2D eigenvalue weighted by Crippen LogP contribution is -2.24. The Morgan fingerprint density at radius 1 is 1.32 bits per heavy atom. The molecule has 128 valence electrons. The van der Waals surface area contributed by atoms with E-state index in [1.54, 1.807) is 0 Å². The maximum Gasteiger partial charge on any atom is 0.272 e. The van der Waals surface area contributed by atoms with Gasteiger partial charge >= 0.3 is 0 Å². The number of carbonyl (C=O) groups excluding carboxylic acids is 2. The van der Waals surface area contributed by atoms with Gasteiger partial charge in [0, 0.05) is 13.5 Å². The molecule has 10 heteroatoms. The summed E-state index contributed by atoms with van der Waals surface area (Å²) < 4.78 is 13.2. The minimum absolute atomic E-state index is 0.0234. The minimum atomic E-state index is -0.530. The number of nitrogens with one attached hydrogen (secondary N) is 3. The van der Waals surface area contributed by atoms with Crippen molar-refractivity contribution in [2.75, 3.05) is 5.32 Å². The lowest BCUT2D eigenvalue weighted by molar-refractivity contribution is -0.114. The molecule has 0 aliphatic rings. The summed E-state index contributed by atoms with van der Waals surface area (Å²) in [7, 11) is 0. The highest BCUT2D eigenvalue weighted by molar-refractivity contribution is 6.30. The van der Waals surface area contributed by atoms with Gasteiger partial charge in [-0.25, -0.2) is 14.4 Å². The SMILES string of the molecule is CC(=O)Nc1n[nH]c2c(C(=O)NCc3ccc(F)c(Cl)c3)ncnc12. The monoisotopic (exact) mass is 362 g/mol. The molecular weight excluding hydrogens is 351 g/mol. The number of H-pyrrole nitrogens is 1. The van der Waals surface area contributed by atoms with Gasteiger partial charge in [-0.2, -0.15) is 5.10 Å². The second kappa shape index (κ2) is 6.81. The zero-order valence-corrected chi connectivity index (χ0v) is 13.7. The highest BCUT2D eigenvalue weighted by atomic mass is 35.5. The third-order valence-corrected chi connectivity index (χ3v) is 3.59. The minimum Gasteiger partial charge on any atom is -0.347 e. The van der Waals surface area contributed by atoms with Gasteiger partial charge in [-0.3, -0.25) is 14.7 Å². The third kappa shape index (κ3) is 3.56. The Morgan fingerprint density at radius 3 is 2.84 bits per heavy atom. The predicted octanol–water partition coefficient (Wildman–Crippen LogP) is 2.03. The largest absolute Gasteiger partial charge is 0.347 e. The van der Waals surface area contributed by atoms with E-state index in [0.29, 0.717) is 16.6 Å². The Kier molecular flexibility index (Phi) is 4.57. The van der Waals surface area contributed by atoms with Crippen molar-refractivity contribution in [3.05, 3.63) is 46.6 Å². The van der Waals surface area contributed by atoms with Crippen LogP contribution in [0.5, 0.6) is 0 Å². The molecule has 0 saturated heterocycles. The van der Waals surface area contributed by atoms with Gasteiger partial charge in [0.2, 0.25) is 5.91 Å². The Bertz CT molecular complexity index is 974. The smallest absolute Gasteiger partial charge is 0.272 e. The molecule has 3 aromatic rings. The molecule has 0 radical (unpaired) electrons. The van der Waals surface area contributed by atoms with Crippen LogP contribution in [0.1, 0.15) is 23.0 Å². The normalized spacial score (nSPS) is 10.7. The molecule has 2 aromatic heterocycles. The number of aromatic nitrogens is 4. The fraction of sp³-hybridized carbons (Fsp3) is 0.133. The van der Waals surface area contributed by atoms with Crippen molar-refractivity contribution in [1.82, 2.24) is 25.5 Å². The number of amides is 2.